The molecule has 0 aliphatic carbocycles. The van der Waals surface area contributed by atoms with Crippen molar-refractivity contribution in [3.05, 3.63) is 58.4 Å². The summed E-state index contributed by atoms with van der Waals surface area (Å²) < 4.78 is 27.8. The van der Waals surface area contributed by atoms with Crippen LogP contribution < -0.4 is 15.8 Å². The van der Waals surface area contributed by atoms with Gasteiger partial charge in [-0.3, -0.25) is 4.68 Å². The highest BCUT2D eigenvalue weighted by molar-refractivity contribution is 6.36. The van der Waals surface area contributed by atoms with Crippen molar-refractivity contribution in [1.82, 2.24) is 20.1 Å². The molecule has 1 aliphatic heterocycles. The fourth-order valence-corrected chi connectivity index (χ4v) is 4.69. The molecule has 0 unspecified atom stereocenters. The Morgan fingerprint density at radius 2 is 2.19 bits per heavy atom. The molecular weight excluding hydrogens is 456 g/mol. The van der Waals surface area contributed by atoms with Gasteiger partial charge in [0.1, 0.15) is 18.2 Å². The summed E-state index contributed by atoms with van der Waals surface area (Å²) in [5.74, 6) is -0.202. The van der Waals surface area contributed by atoms with E-state index in [2.05, 4.69) is 15.4 Å². The molecule has 4 heterocycles. The highest BCUT2D eigenvalue weighted by atomic mass is 35.5. The number of nitrogens with one attached hydrogen (secondary N) is 1. The fourth-order valence-electron chi connectivity index (χ4n) is 4.01. The first-order valence-corrected chi connectivity index (χ1v) is 10.9. The Morgan fingerprint density at radius 3 is 2.97 bits per heavy atom. The summed E-state index contributed by atoms with van der Waals surface area (Å²) in [5, 5.41) is 8.76. The van der Waals surface area contributed by atoms with Gasteiger partial charge in [-0.2, -0.15) is 5.10 Å². The number of nitrogens with two attached hydrogens (primary N) is 1. The zero-order valence-electron chi connectivity index (χ0n) is 17.1. The average Bonchev–Trinajstić information content (AvgIpc) is 3.52. The number of furan rings is 1. The maximum Gasteiger partial charge on any atom is 0.205 e. The molecule has 0 amide bonds. The second-order valence-corrected chi connectivity index (χ2v) is 8.52. The molecule has 10 heteroatoms. The lowest BCUT2D eigenvalue weighted by Gasteiger charge is -2.18. The molecule has 1 aromatic carbocycles. The Balaban J connectivity index is 1.51. The first-order chi connectivity index (χ1) is 15.4. The Bertz CT molecular complexity index is 1300. The lowest BCUT2D eigenvalue weighted by molar-refractivity contribution is 0.227. The molecule has 0 saturated carbocycles. The van der Waals surface area contributed by atoms with E-state index in [1.807, 2.05) is 10.9 Å². The van der Waals surface area contributed by atoms with Crippen molar-refractivity contribution in [2.45, 2.75) is 25.5 Å². The van der Waals surface area contributed by atoms with Gasteiger partial charge < -0.3 is 20.2 Å². The van der Waals surface area contributed by atoms with Crippen molar-refractivity contribution >= 4 is 40.0 Å². The van der Waals surface area contributed by atoms with Gasteiger partial charge in [-0.05, 0) is 32.0 Å². The predicted molar refractivity (Wildman–Crippen MR) is 122 cm³/mol. The van der Waals surface area contributed by atoms with Crippen LogP contribution in [0, 0.1) is 5.82 Å². The molecular formula is C22H20Cl2FN5O2. The number of hydrogen-bond donors (Lipinski definition) is 2. The summed E-state index contributed by atoms with van der Waals surface area (Å²) >= 11 is 12.4. The molecule has 1 aliphatic rings. The summed E-state index contributed by atoms with van der Waals surface area (Å²) in [5.41, 5.74) is 8.57. The van der Waals surface area contributed by atoms with E-state index in [1.54, 1.807) is 25.6 Å². The Labute approximate surface area is 193 Å². The number of pyridine rings is 1. The third kappa shape index (κ3) is 3.58. The van der Waals surface area contributed by atoms with Crippen LogP contribution in [0.1, 0.15) is 31.1 Å². The summed E-state index contributed by atoms with van der Waals surface area (Å²) in [7, 11) is 0. The van der Waals surface area contributed by atoms with Gasteiger partial charge in [0.05, 0.1) is 22.6 Å². The Morgan fingerprint density at radius 1 is 1.34 bits per heavy atom. The Kier molecular flexibility index (Phi) is 5.44. The molecule has 1 fully saturated rings. The minimum Gasteiger partial charge on any atom is -0.478 e. The van der Waals surface area contributed by atoms with Crippen LogP contribution in [0.3, 0.4) is 0 Å². The van der Waals surface area contributed by atoms with Gasteiger partial charge in [-0.1, -0.05) is 23.2 Å². The third-order valence-corrected chi connectivity index (χ3v) is 6.42. The van der Waals surface area contributed by atoms with E-state index >= 15 is 0 Å². The molecule has 0 spiro atoms. The number of halogens is 3. The second-order valence-electron chi connectivity index (χ2n) is 7.74. The maximum atomic E-state index is 14.0. The number of nitrogen functional groups attached to an aromatic ring is 1. The number of nitrogens with zero attached hydrogens (tertiary/aromatic N) is 3. The molecule has 3 N–H and O–H groups in total. The number of anilines is 1. The van der Waals surface area contributed by atoms with E-state index in [4.69, 9.17) is 38.1 Å². The van der Waals surface area contributed by atoms with Crippen LogP contribution >= 0.6 is 23.2 Å². The van der Waals surface area contributed by atoms with E-state index in [-0.39, 0.29) is 21.6 Å². The van der Waals surface area contributed by atoms with Crippen molar-refractivity contribution in [2.75, 3.05) is 18.8 Å². The van der Waals surface area contributed by atoms with Gasteiger partial charge in [-0.25, -0.2) is 9.37 Å². The van der Waals surface area contributed by atoms with E-state index in [9.17, 15) is 4.39 Å². The molecule has 4 aromatic rings. The lowest BCUT2D eigenvalue weighted by Crippen LogP contribution is -2.13. The number of benzene rings is 1. The standard InChI is InChI=1S/C22H20Cl2FN5O2/c1-11(18-16(23)2-3-17(25)19(18)24)32-21-20-14(8-28-22(21)26)15(10-31-20)12-6-29-30(9-12)13-4-5-27-7-13/h2-3,6,8-11,13,27H,4-5,7H2,1H3,(H2,26,28)/t11-,13-/m1/s1. The normalized spacial score (nSPS) is 17.2. The highest BCUT2D eigenvalue weighted by Gasteiger charge is 2.24. The van der Waals surface area contributed by atoms with Crippen LogP contribution in [0.2, 0.25) is 10.0 Å². The van der Waals surface area contributed by atoms with Gasteiger partial charge in [0.25, 0.3) is 0 Å². The molecule has 3 aromatic heterocycles. The summed E-state index contributed by atoms with van der Waals surface area (Å²) in [6.45, 7) is 3.58. The first kappa shape index (κ1) is 21.1. The number of fused-ring (bicyclic) bond motifs is 1. The molecule has 166 valence electrons. The minimum atomic E-state index is -0.702. The van der Waals surface area contributed by atoms with Crippen molar-refractivity contribution in [3.63, 3.8) is 0 Å². The van der Waals surface area contributed by atoms with E-state index in [0.717, 1.165) is 36.0 Å². The van der Waals surface area contributed by atoms with Gasteiger partial charge in [0.15, 0.2) is 11.4 Å². The van der Waals surface area contributed by atoms with Gasteiger partial charge >= 0.3 is 0 Å². The molecule has 1 saturated heterocycles. The smallest absolute Gasteiger partial charge is 0.205 e. The van der Waals surface area contributed by atoms with Gasteiger partial charge in [-0.15, -0.1) is 0 Å². The zero-order chi connectivity index (χ0) is 22.4. The van der Waals surface area contributed by atoms with Crippen LogP contribution in [-0.4, -0.2) is 27.9 Å². The predicted octanol–water partition coefficient (Wildman–Crippen LogP) is 5.39. The number of rotatable bonds is 5. The van der Waals surface area contributed by atoms with Crippen LogP contribution in [0.4, 0.5) is 10.2 Å². The highest BCUT2D eigenvalue weighted by Crippen LogP contribution is 2.41. The van der Waals surface area contributed by atoms with E-state index in [0.29, 0.717) is 17.2 Å². The van der Waals surface area contributed by atoms with Gasteiger partial charge in [0, 0.05) is 40.7 Å². The fraction of sp³-hybridized carbons (Fsp3) is 0.273. The summed E-state index contributed by atoms with van der Waals surface area (Å²) in [4.78, 5) is 4.27. The van der Waals surface area contributed by atoms with Crippen LogP contribution in [-0.2, 0) is 0 Å². The van der Waals surface area contributed by atoms with Crippen LogP contribution in [0.5, 0.6) is 5.75 Å². The van der Waals surface area contributed by atoms with Gasteiger partial charge in [0.2, 0.25) is 5.75 Å². The second kappa shape index (κ2) is 8.27. The SMILES string of the molecule is C[C@@H](Oc1c(N)ncc2c(-c3cnn([C@@H]4CCNC4)c3)coc12)c1c(Cl)ccc(F)c1Cl. The zero-order valence-corrected chi connectivity index (χ0v) is 18.6. The molecule has 2 atom stereocenters. The third-order valence-electron chi connectivity index (χ3n) is 5.70. The van der Waals surface area contributed by atoms with Crippen molar-refractivity contribution in [2.24, 2.45) is 0 Å². The number of ether oxygens (including phenoxy) is 1. The molecule has 7 nitrogen and oxygen atoms in total. The number of hydrogen-bond acceptors (Lipinski definition) is 6. The lowest BCUT2D eigenvalue weighted by atomic mass is 10.1. The Hall–Kier alpha value is -2.81. The summed E-state index contributed by atoms with van der Waals surface area (Å²) in [6.07, 6.45) is 7.39. The largest absolute Gasteiger partial charge is 0.478 e. The molecule has 5 rings (SSSR count). The minimum absolute atomic E-state index is 0.0994. The average molecular weight is 476 g/mol. The van der Waals surface area contributed by atoms with Crippen molar-refractivity contribution in [3.8, 4) is 16.9 Å². The van der Waals surface area contributed by atoms with Crippen molar-refractivity contribution in [1.29, 1.82) is 0 Å². The topological polar surface area (TPSA) is 91.1 Å². The van der Waals surface area contributed by atoms with Crippen molar-refractivity contribution < 1.29 is 13.5 Å². The van der Waals surface area contributed by atoms with E-state index in [1.165, 1.54) is 12.1 Å². The van der Waals surface area contributed by atoms with Crippen LogP contribution in [0.15, 0.2) is 41.4 Å². The maximum absolute atomic E-state index is 14.0. The first-order valence-electron chi connectivity index (χ1n) is 10.1. The van der Waals surface area contributed by atoms with E-state index < -0.39 is 11.9 Å². The molecule has 32 heavy (non-hydrogen) atoms. The molecule has 0 bridgehead atoms. The quantitative estimate of drug-likeness (QED) is 0.375. The number of aromatic nitrogens is 3. The van der Waals surface area contributed by atoms with Crippen LogP contribution in [0.25, 0.3) is 22.1 Å². The monoisotopic (exact) mass is 475 g/mol. The molecule has 0 radical (unpaired) electrons. The summed E-state index contributed by atoms with van der Waals surface area (Å²) in [6, 6.07) is 2.97.